The molecule has 1 rings (SSSR count). The van der Waals surface area contributed by atoms with Gasteiger partial charge in [0.2, 0.25) is 0 Å². The van der Waals surface area contributed by atoms with Crippen molar-refractivity contribution in [2.45, 2.75) is 0 Å². The summed E-state index contributed by atoms with van der Waals surface area (Å²) < 4.78 is 0. The molecule has 0 unspecified atom stereocenters. The fourth-order valence-electron chi connectivity index (χ4n) is 0.862. The van der Waals surface area contributed by atoms with Crippen molar-refractivity contribution >= 4 is 23.3 Å². The number of primary amides is 1. The molecule has 0 aliphatic rings. The third-order valence-electron chi connectivity index (χ3n) is 1.56. The average molecular weight is 216 g/mol. The standard InChI is InChI=1S/C8H6ClNO4/c9-5-3(6(12)8(10)14)1-2-4(11)7(5)13/h1-2,11,13H,(H2,10,14). The smallest absolute Gasteiger partial charge is 0.289 e. The van der Waals surface area contributed by atoms with Crippen molar-refractivity contribution in [2.24, 2.45) is 5.73 Å². The summed E-state index contributed by atoms with van der Waals surface area (Å²) in [6, 6.07) is 2.14. The largest absolute Gasteiger partial charge is 0.504 e. The maximum atomic E-state index is 11.1. The normalized spacial score (nSPS) is 9.79. The van der Waals surface area contributed by atoms with Gasteiger partial charge in [-0.15, -0.1) is 0 Å². The van der Waals surface area contributed by atoms with Gasteiger partial charge in [-0.05, 0) is 12.1 Å². The van der Waals surface area contributed by atoms with Crippen LogP contribution in [0.1, 0.15) is 10.4 Å². The number of ketones is 1. The molecule has 74 valence electrons. The van der Waals surface area contributed by atoms with Crippen LogP contribution in [0.15, 0.2) is 12.1 Å². The summed E-state index contributed by atoms with van der Waals surface area (Å²) in [7, 11) is 0. The van der Waals surface area contributed by atoms with Crippen molar-refractivity contribution in [3.05, 3.63) is 22.7 Å². The van der Waals surface area contributed by atoms with Crippen LogP contribution in [-0.2, 0) is 4.79 Å². The minimum atomic E-state index is -1.18. The number of phenols is 2. The van der Waals surface area contributed by atoms with E-state index in [0.717, 1.165) is 12.1 Å². The second-order valence-electron chi connectivity index (χ2n) is 2.49. The highest BCUT2D eigenvalue weighted by Crippen LogP contribution is 2.35. The van der Waals surface area contributed by atoms with Crippen LogP contribution in [0.4, 0.5) is 0 Å². The fraction of sp³-hybridized carbons (Fsp3) is 0. The summed E-state index contributed by atoms with van der Waals surface area (Å²) in [4.78, 5) is 21.6. The summed E-state index contributed by atoms with van der Waals surface area (Å²) in [5.74, 6) is -3.34. The number of carbonyl (C=O) groups excluding carboxylic acids is 2. The third kappa shape index (κ3) is 1.62. The molecule has 0 heterocycles. The monoisotopic (exact) mass is 215 g/mol. The van der Waals surface area contributed by atoms with Gasteiger partial charge in [-0.2, -0.15) is 0 Å². The van der Waals surface area contributed by atoms with Crippen molar-refractivity contribution in [2.75, 3.05) is 0 Å². The van der Waals surface area contributed by atoms with Crippen LogP contribution >= 0.6 is 11.6 Å². The second kappa shape index (κ2) is 3.55. The average Bonchev–Trinajstić information content (AvgIpc) is 2.13. The summed E-state index contributed by atoms with van der Waals surface area (Å²) in [5.41, 5.74) is 4.49. The lowest BCUT2D eigenvalue weighted by Gasteiger charge is -2.03. The lowest BCUT2D eigenvalue weighted by atomic mass is 10.1. The van der Waals surface area contributed by atoms with Gasteiger partial charge >= 0.3 is 0 Å². The van der Waals surface area contributed by atoms with Crippen molar-refractivity contribution < 1.29 is 19.8 Å². The minimum Gasteiger partial charge on any atom is -0.504 e. The van der Waals surface area contributed by atoms with Crippen LogP contribution in [0.25, 0.3) is 0 Å². The molecule has 0 saturated heterocycles. The number of aromatic hydroxyl groups is 2. The molecule has 0 fully saturated rings. The van der Waals surface area contributed by atoms with Gasteiger partial charge in [0.15, 0.2) is 11.5 Å². The van der Waals surface area contributed by atoms with E-state index in [4.69, 9.17) is 27.5 Å². The zero-order valence-electron chi connectivity index (χ0n) is 6.82. The number of halogens is 1. The first-order valence-corrected chi connectivity index (χ1v) is 3.87. The topological polar surface area (TPSA) is 101 Å². The number of hydrogen-bond donors (Lipinski definition) is 3. The molecule has 0 spiro atoms. The van der Waals surface area contributed by atoms with Crippen molar-refractivity contribution in [1.82, 2.24) is 0 Å². The highest BCUT2D eigenvalue weighted by atomic mass is 35.5. The Kier molecular flexibility index (Phi) is 2.62. The van der Waals surface area contributed by atoms with Gasteiger partial charge in [0.25, 0.3) is 11.7 Å². The summed E-state index contributed by atoms with van der Waals surface area (Å²) in [6.07, 6.45) is 0. The number of rotatable bonds is 2. The fourth-order valence-corrected chi connectivity index (χ4v) is 1.11. The number of carbonyl (C=O) groups is 2. The number of phenolic OH excluding ortho intramolecular Hbond substituents is 2. The lowest BCUT2D eigenvalue weighted by Crippen LogP contribution is -2.23. The molecule has 0 aliphatic carbocycles. The van der Waals surface area contributed by atoms with Gasteiger partial charge in [-0.25, -0.2) is 0 Å². The van der Waals surface area contributed by atoms with E-state index >= 15 is 0 Å². The summed E-state index contributed by atoms with van der Waals surface area (Å²) in [6.45, 7) is 0. The van der Waals surface area contributed by atoms with E-state index in [-0.39, 0.29) is 5.56 Å². The van der Waals surface area contributed by atoms with Crippen molar-refractivity contribution in [3.63, 3.8) is 0 Å². The van der Waals surface area contributed by atoms with Crippen LogP contribution in [-0.4, -0.2) is 21.9 Å². The highest BCUT2D eigenvalue weighted by Gasteiger charge is 2.19. The van der Waals surface area contributed by atoms with Gasteiger partial charge in [-0.3, -0.25) is 9.59 Å². The Hall–Kier alpha value is -1.75. The van der Waals surface area contributed by atoms with Crippen LogP contribution < -0.4 is 5.73 Å². The Balaban J connectivity index is 3.31. The molecular weight excluding hydrogens is 210 g/mol. The van der Waals surface area contributed by atoms with E-state index in [0.29, 0.717) is 0 Å². The number of benzene rings is 1. The van der Waals surface area contributed by atoms with E-state index in [1.165, 1.54) is 0 Å². The minimum absolute atomic E-state index is 0.241. The first-order valence-electron chi connectivity index (χ1n) is 3.49. The maximum Gasteiger partial charge on any atom is 0.289 e. The highest BCUT2D eigenvalue weighted by molar-refractivity contribution is 6.47. The number of nitrogens with two attached hydrogens (primary N) is 1. The number of hydrogen-bond acceptors (Lipinski definition) is 4. The molecule has 5 nitrogen and oxygen atoms in total. The molecule has 1 aromatic rings. The number of Topliss-reactive ketones (excluding diaryl/α,β-unsaturated/α-hetero) is 1. The molecule has 1 amide bonds. The van der Waals surface area contributed by atoms with E-state index in [9.17, 15) is 9.59 Å². The first-order chi connectivity index (χ1) is 6.45. The zero-order chi connectivity index (χ0) is 10.9. The molecule has 0 aromatic heterocycles. The van der Waals surface area contributed by atoms with Crippen LogP contribution in [0, 0.1) is 0 Å². The van der Waals surface area contributed by atoms with E-state index < -0.39 is 28.2 Å². The predicted molar refractivity (Wildman–Crippen MR) is 48.3 cm³/mol. The van der Waals surface area contributed by atoms with Crippen LogP contribution in [0.5, 0.6) is 11.5 Å². The molecule has 0 aliphatic heterocycles. The molecule has 0 atom stereocenters. The molecule has 6 heteroatoms. The summed E-state index contributed by atoms with van der Waals surface area (Å²) >= 11 is 5.50. The van der Waals surface area contributed by atoms with Crippen LogP contribution in [0.2, 0.25) is 5.02 Å². The quantitative estimate of drug-likeness (QED) is 0.378. The summed E-state index contributed by atoms with van der Waals surface area (Å²) in [5, 5.41) is 17.7. The van der Waals surface area contributed by atoms with E-state index in [2.05, 4.69) is 0 Å². The molecule has 0 saturated carbocycles. The van der Waals surface area contributed by atoms with Gasteiger partial charge < -0.3 is 15.9 Å². The Labute approximate surface area is 83.7 Å². The van der Waals surface area contributed by atoms with Gasteiger partial charge in [0.1, 0.15) is 0 Å². The molecule has 0 radical (unpaired) electrons. The Morgan fingerprint density at radius 3 is 2.36 bits per heavy atom. The van der Waals surface area contributed by atoms with Gasteiger partial charge in [0.05, 0.1) is 10.6 Å². The third-order valence-corrected chi connectivity index (χ3v) is 1.95. The molecule has 14 heavy (non-hydrogen) atoms. The number of amides is 1. The SMILES string of the molecule is NC(=O)C(=O)c1ccc(O)c(O)c1Cl. The van der Waals surface area contributed by atoms with Gasteiger partial charge in [0, 0.05) is 0 Å². The maximum absolute atomic E-state index is 11.1. The lowest BCUT2D eigenvalue weighted by molar-refractivity contribution is -0.114. The van der Waals surface area contributed by atoms with E-state index in [1.54, 1.807) is 0 Å². The Morgan fingerprint density at radius 2 is 1.86 bits per heavy atom. The van der Waals surface area contributed by atoms with Crippen molar-refractivity contribution in [3.8, 4) is 11.5 Å². The second-order valence-corrected chi connectivity index (χ2v) is 2.87. The Bertz CT molecular complexity index is 416. The van der Waals surface area contributed by atoms with Crippen LogP contribution in [0.3, 0.4) is 0 Å². The van der Waals surface area contributed by atoms with Gasteiger partial charge in [-0.1, -0.05) is 11.6 Å². The zero-order valence-corrected chi connectivity index (χ0v) is 7.58. The van der Waals surface area contributed by atoms with E-state index in [1.807, 2.05) is 0 Å². The molecule has 4 N–H and O–H groups in total. The van der Waals surface area contributed by atoms with Crippen molar-refractivity contribution in [1.29, 1.82) is 0 Å². The predicted octanol–water partition coefficient (Wildman–Crippen LogP) is 0.419. The first kappa shape index (κ1) is 10.3. The molecule has 1 aromatic carbocycles. The Morgan fingerprint density at radius 1 is 1.29 bits per heavy atom. The molecule has 0 bridgehead atoms. The molecular formula is C8H6ClNO4.